The molecule has 3 aromatic rings. The lowest BCUT2D eigenvalue weighted by molar-refractivity contribution is -0.142. The number of carbonyl (C=O) groups excluding carboxylic acids is 1. The highest BCUT2D eigenvalue weighted by molar-refractivity contribution is 7.85. The molecule has 0 bridgehead atoms. The van der Waals surface area contributed by atoms with Crippen LogP contribution in [0.1, 0.15) is 29.7 Å². The molecule has 0 radical (unpaired) electrons. The monoisotopic (exact) mass is 452 g/mol. The number of carbonyl (C=O) groups is 1. The first-order chi connectivity index (χ1) is 15.4. The average Bonchev–Trinajstić information content (AvgIpc) is 2.84. The fourth-order valence-corrected chi connectivity index (χ4v) is 5.85. The zero-order valence-electron chi connectivity index (χ0n) is 18.7. The molecule has 0 spiro atoms. The van der Waals surface area contributed by atoms with E-state index in [0.717, 1.165) is 11.1 Å². The lowest BCUT2D eigenvalue weighted by Gasteiger charge is -2.37. The zero-order chi connectivity index (χ0) is 23.1. The van der Waals surface area contributed by atoms with Crippen LogP contribution in [-0.2, 0) is 25.7 Å². The van der Waals surface area contributed by atoms with E-state index in [-0.39, 0.29) is 12.4 Å². The Bertz CT molecular complexity index is 1070. The van der Waals surface area contributed by atoms with E-state index in [0.29, 0.717) is 16.4 Å². The molecule has 3 atom stereocenters. The summed E-state index contributed by atoms with van der Waals surface area (Å²) >= 11 is 0. The standard InChI is InChI=1S/C26H28O5S/c1-26(18-24(27)31-4,20-13-9-6-10-14-20)25(19-11-7-5-8-12-19)32(28)23-16-15-21(29-2)17-22(23)30-3/h5-17,25H,18H2,1-4H3. The van der Waals surface area contributed by atoms with Gasteiger partial charge in [-0.25, -0.2) is 0 Å². The van der Waals surface area contributed by atoms with Crippen molar-refractivity contribution in [1.29, 1.82) is 0 Å². The van der Waals surface area contributed by atoms with Gasteiger partial charge in [0, 0.05) is 11.5 Å². The van der Waals surface area contributed by atoms with Crippen molar-refractivity contribution in [3.8, 4) is 11.5 Å². The summed E-state index contributed by atoms with van der Waals surface area (Å²) in [5, 5.41) is -0.549. The summed E-state index contributed by atoms with van der Waals surface area (Å²) in [7, 11) is 2.91. The molecule has 3 rings (SSSR count). The van der Waals surface area contributed by atoms with Gasteiger partial charge in [-0.15, -0.1) is 0 Å². The summed E-state index contributed by atoms with van der Waals surface area (Å²) in [6.07, 6.45) is 0.0668. The molecule has 0 saturated carbocycles. The maximum atomic E-state index is 14.3. The van der Waals surface area contributed by atoms with E-state index in [9.17, 15) is 9.00 Å². The smallest absolute Gasteiger partial charge is 0.306 e. The number of esters is 1. The SMILES string of the molecule is COC(=O)CC(C)(c1ccccc1)C(c1ccccc1)S(=O)c1ccc(OC)cc1OC. The number of benzene rings is 3. The average molecular weight is 453 g/mol. The van der Waals surface area contributed by atoms with Crippen LogP contribution in [-0.4, -0.2) is 31.5 Å². The van der Waals surface area contributed by atoms with E-state index in [1.54, 1.807) is 25.3 Å². The maximum absolute atomic E-state index is 14.3. The van der Waals surface area contributed by atoms with Crippen molar-refractivity contribution in [2.45, 2.75) is 28.9 Å². The summed E-state index contributed by atoms with van der Waals surface area (Å²) in [5.74, 6) is 0.715. The van der Waals surface area contributed by atoms with Crippen LogP contribution >= 0.6 is 0 Å². The largest absolute Gasteiger partial charge is 0.497 e. The maximum Gasteiger partial charge on any atom is 0.306 e. The van der Waals surface area contributed by atoms with Crippen LogP contribution in [0.5, 0.6) is 11.5 Å². The normalized spacial score (nSPS) is 14.6. The Morgan fingerprint density at radius 3 is 2.09 bits per heavy atom. The topological polar surface area (TPSA) is 61.8 Å². The fraction of sp³-hybridized carbons (Fsp3) is 0.269. The quantitative estimate of drug-likeness (QED) is 0.424. The van der Waals surface area contributed by atoms with Crippen LogP contribution < -0.4 is 9.47 Å². The number of hydrogen-bond donors (Lipinski definition) is 0. The van der Waals surface area contributed by atoms with Crippen LogP contribution in [0.3, 0.4) is 0 Å². The Morgan fingerprint density at radius 2 is 1.53 bits per heavy atom. The van der Waals surface area contributed by atoms with E-state index in [1.165, 1.54) is 14.2 Å². The minimum absolute atomic E-state index is 0.0668. The minimum Gasteiger partial charge on any atom is -0.497 e. The van der Waals surface area contributed by atoms with Crippen molar-refractivity contribution >= 4 is 16.8 Å². The first-order valence-electron chi connectivity index (χ1n) is 10.2. The molecule has 168 valence electrons. The molecule has 0 saturated heterocycles. The third kappa shape index (κ3) is 4.86. The van der Waals surface area contributed by atoms with E-state index in [4.69, 9.17) is 14.2 Å². The second-order valence-electron chi connectivity index (χ2n) is 7.64. The highest BCUT2D eigenvalue weighted by Crippen LogP contribution is 2.47. The molecular formula is C26H28O5S. The van der Waals surface area contributed by atoms with Gasteiger partial charge in [0.25, 0.3) is 0 Å². The van der Waals surface area contributed by atoms with Crippen LogP contribution in [0.25, 0.3) is 0 Å². The summed E-state index contributed by atoms with van der Waals surface area (Å²) in [6.45, 7) is 1.96. The minimum atomic E-state index is -1.57. The Morgan fingerprint density at radius 1 is 0.906 bits per heavy atom. The third-order valence-electron chi connectivity index (χ3n) is 5.66. The van der Waals surface area contributed by atoms with Gasteiger partial charge in [-0.2, -0.15) is 0 Å². The van der Waals surface area contributed by atoms with Gasteiger partial charge < -0.3 is 14.2 Å². The molecule has 3 aromatic carbocycles. The van der Waals surface area contributed by atoms with Gasteiger partial charge in [0.15, 0.2) is 0 Å². The molecule has 0 aromatic heterocycles. The summed E-state index contributed by atoms with van der Waals surface area (Å²) in [6, 6.07) is 24.5. The van der Waals surface area contributed by atoms with Gasteiger partial charge in [0.2, 0.25) is 0 Å². The van der Waals surface area contributed by atoms with Crippen molar-refractivity contribution in [1.82, 2.24) is 0 Å². The van der Waals surface area contributed by atoms with Crippen molar-refractivity contribution in [3.05, 3.63) is 90.0 Å². The summed E-state index contributed by atoms with van der Waals surface area (Å²) in [5.41, 5.74) is 0.949. The summed E-state index contributed by atoms with van der Waals surface area (Å²) in [4.78, 5) is 13.1. The second-order valence-corrected chi connectivity index (χ2v) is 9.15. The van der Waals surface area contributed by atoms with Gasteiger partial charge >= 0.3 is 5.97 Å². The van der Waals surface area contributed by atoms with Gasteiger partial charge in [0.05, 0.1) is 48.7 Å². The van der Waals surface area contributed by atoms with Gasteiger partial charge in [0.1, 0.15) is 11.5 Å². The molecule has 5 nitrogen and oxygen atoms in total. The molecule has 0 heterocycles. The fourth-order valence-electron chi connectivity index (χ4n) is 3.96. The number of ether oxygens (including phenoxy) is 3. The van der Waals surface area contributed by atoms with Crippen molar-refractivity contribution < 1.29 is 23.2 Å². The Balaban J connectivity index is 2.23. The molecular weight excluding hydrogens is 424 g/mol. The Hall–Kier alpha value is -3.12. The van der Waals surface area contributed by atoms with Gasteiger partial charge in [-0.3, -0.25) is 9.00 Å². The van der Waals surface area contributed by atoms with E-state index in [1.807, 2.05) is 67.6 Å². The molecule has 32 heavy (non-hydrogen) atoms. The van der Waals surface area contributed by atoms with Crippen LogP contribution in [0, 0.1) is 0 Å². The lowest BCUT2D eigenvalue weighted by atomic mass is 9.74. The van der Waals surface area contributed by atoms with Crippen LogP contribution in [0.15, 0.2) is 83.8 Å². The van der Waals surface area contributed by atoms with Gasteiger partial charge in [-0.05, 0) is 23.3 Å². The first-order valence-corrected chi connectivity index (χ1v) is 11.5. The predicted molar refractivity (Wildman–Crippen MR) is 126 cm³/mol. The molecule has 0 N–H and O–H groups in total. The number of hydrogen-bond acceptors (Lipinski definition) is 5. The van der Waals surface area contributed by atoms with E-state index >= 15 is 0 Å². The molecule has 0 aliphatic heterocycles. The second kappa shape index (κ2) is 10.5. The zero-order valence-corrected chi connectivity index (χ0v) is 19.6. The lowest BCUT2D eigenvalue weighted by Crippen LogP contribution is -2.36. The van der Waals surface area contributed by atoms with Crippen molar-refractivity contribution in [2.75, 3.05) is 21.3 Å². The number of methoxy groups -OCH3 is 3. The first kappa shape index (κ1) is 23.5. The molecule has 0 aliphatic carbocycles. The van der Waals surface area contributed by atoms with Crippen molar-refractivity contribution in [3.63, 3.8) is 0 Å². The third-order valence-corrected chi connectivity index (χ3v) is 7.65. The Labute approximate surface area is 191 Å². The predicted octanol–water partition coefficient (Wildman–Crippen LogP) is 5.07. The summed E-state index contributed by atoms with van der Waals surface area (Å²) < 4.78 is 30.1. The van der Waals surface area contributed by atoms with Gasteiger partial charge in [-0.1, -0.05) is 67.6 Å². The van der Waals surface area contributed by atoms with Crippen LogP contribution in [0.2, 0.25) is 0 Å². The van der Waals surface area contributed by atoms with E-state index < -0.39 is 21.5 Å². The van der Waals surface area contributed by atoms with Crippen molar-refractivity contribution in [2.24, 2.45) is 0 Å². The molecule has 6 heteroatoms. The molecule has 0 amide bonds. The highest BCUT2D eigenvalue weighted by atomic mass is 32.2. The molecule has 0 fully saturated rings. The molecule has 3 unspecified atom stereocenters. The van der Waals surface area contributed by atoms with Crippen LogP contribution in [0.4, 0.5) is 0 Å². The Kier molecular flexibility index (Phi) is 7.70. The number of rotatable bonds is 9. The molecule has 0 aliphatic rings. The highest BCUT2D eigenvalue weighted by Gasteiger charge is 2.44. The van der Waals surface area contributed by atoms with E-state index in [2.05, 4.69) is 0 Å².